The Labute approximate surface area is 132 Å². The molecule has 0 radical (unpaired) electrons. The molecule has 0 bridgehead atoms. The van der Waals surface area contributed by atoms with Crippen molar-refractivity contribution >= 4 is 5.91 Å². The lowest BCUT2D eigenvalue weighted by Gasteiger charge is -2.08. The van der Waals surface area contributed by atoms with Gasteiger partial charge in [-0.3, -0.25) is 4.79 Å². The van der Waals surface area contributed by atoms with Crippen LogP contribution in [0.25, 0.3) is 0 Å². The van der Waals surface area contributed by atoms with Gasteiger partial charge in [0.15, 0.2) is 0 Å². The molecule has 0 aromatic heterocycles. The molecule has 0 spiro atoms. The number of nitrogens with one attached hydrogen (secondary N) is 1. The lowest BCUT2D eigenvalue weighted by Crippen LogP contribution is -2.23. The summed E-state index contributed by atoms with van der Waals surface area (Å²) in [7, 11) is 0. The maximum absolute atomic E-state index is 11.9. The lowest BCUT2D eigenvalue weighted by molar-refractivity contribution is -0.121. The average Bonchev–Trinajstić information content (AvgIpc) is 2.53. The number of rotatable bonds is 7. The van der Waals surface area contributed by atoms with E-state index in [1.54, 1.807) is 0 Å². The molecule has 0 saturated carbocycles. The van der Waals surface area contributed by atoms with Crippen molar-refractivity contribution < 1.29 is 9.53 Å². The smallest absolute Gasteiger partial charge is 0.220 e. The number of amides is 1. The third kappa shape index (κ3) is 5.24. The van der Waals surface area contributed by atoms with E-state index in [1.807, 2.05) is 31.2 Å². The van der Waals surface area contributed by atoms with E-state index >= 15 is 0 Å². The normalized spacial score (nSPS) is 10.3. The van der Waals surface area contributed by atoms with Crippen LogP contribution in [-0.2, 0) is 17.8 Å². The van der Waals surface area contributed by atoms with Crippen LogP contribution >= 0.6 is 0 Å². The Kier molecular flexibility index (Phi) is 6.01. The second-order valence-electron chi connectivity index (χ2n) is 5.34. The van der Waals surface area contributed by atoms with Gasteiger partial charge in [0, 0.05) is 13.0 Å². The molecule has 3 nitrogen and oxygen atoms in total. The maximum atomic E-state index is 11.9. The number of aryl methyl sites for hydroxylation is 2. The van der Waals surface area contributed by atoms with Crippen molar-refractivity contribution in [1.82, 2.24) is 5.32 Å². The minimum atomic E-state index is 0.0717. The van der Waals surface area contributed by atoms with Crippen molar-refractivity contribution in [3.8, 4) is 5.75 Å². The van der Waals surface area contributed by atoms with Crippen LogP contribution in [0.5, 0.6) is 5.75 Å². The molecule has 116 valence electrons. The molecule has 1 N–H and O–H groups in total. The molecule has 22 heavy (non-hydrogen) atoms. The Bertz CT molecular complexity index is 605. The number of carbonyl (C=O) groups excluding carboxylic acids is 1. The molecule has 0 heterocycles. The highest BCUT2D eigenvalue weighted by Gasteiger charge is 2.03. The van der Waals surface area contributed by atoms with E-state index in [-0.39, 0.29) is 5.91 Å². The van der Waals surface area contributed by atoms with Gasteiger partial charge in [-0.25, -0.2) is 0 Å². The molecule has 0 aliphatic heterocycles. The van der Waals surface area contributed by atoms with Gasteiger partial charge in [-0.2, -0.15) is 0 Å². The van der Waals surface area contributed by atoms with Crippen LogP contribution < -0.4 is 10.1 Å². The third-order valence-electron chi connectivity index (χ3n) is 3.46. The summed E-state index contributed by atoms with van der Waals surface area (Å²) in [6.07, 6.45) is 1.28. The molecular weight excluding hydrogens is 274 g/mol. The summed E-state index contributed by atoms with van der Waals surface area (Å²) in [5.74, 6) is 0.913. The summed E-state index contributed by atoms with van der Waals surface area (Å²) in [4.78, 5) is 11.9. The van der Waals surface area contributed by atoms with Gasteiger partial charge >= 0.3 is 0 Å². The van der Waals surface area contributed by atoms with E-state index < -0.39 is 0 Å². The number of hydrogen-bond donors (Lipinski definition) is 1. The highest BCUT2D eigenvalue weighted by molar-refractivity contribution is 5.76. The van der Waals surface area contributed by atoms with Crippen molar-refractivity contribution in [2.45, 2.75) is 33.2 Å². The first-order chi connectivity index (χ1) is 10.7. The number of ether oxygens (including phenoxy) is 1. The van der Waals surface area contributed by atoms with Crippen LogP contribution in [-0.4, -0.2) is 12.5 Å². The fraction of sp³-hybridized carbons (Fsp3) is 0.316. The molecule has 2 aromatic rings. The Hall–Kier alpha value is -2.29. The van der Waals surface area contributed by atoms with Crippen molar-refractivity contribution in [1.29, 1.82) is 0 Å². The molecule has 2 aromatic carbocycles. The molecule has 0 atom stereocenters. The van der Waals surface area contributed by atoms with Gasteiger partial charge in [0.25, 0.3) is 0 Å². The first kappa shape index (κ1) is 16.1. The zero-order valence-electron chi connectivity index (χ0n) is 13.3. The number of benzene rings is 2. The second-order valence-corrected chi connectivity index (χ2v) is 5.34. The fourth-order valence-corrected chi connectivity index (χ4v) is 2.21. The molecule has 2 rings (SSSR count). The summed E-state index contributed by atoms with van der Waals surface area (Å²) in [5.41, 5.74) is 3.48. The summed E-state index contributed by atoms with van der Waals surface area (Å²) < 4.78 is 5.46. The van der Waals surface area contributed by atoms with Gasteiger partial charge < -0.3 is 10.1 Å². The molecular formula is C19H23NO2. The molecule has 0 aliphatic carbocycles. The second kappa shape index (κ2) is 8.23. The number of carbonyl (C=O) groups is 1. The first-order valence-electron chi connectivity index (χ1n) is 7.71. The SMILES string of the molecule is CCOc1cccc(CNC(=O)CCc2ccc(C)cc2)c1. The Balaban J connectivity index is 1.77. The molecule has 1 amide bonds. The van der Waals surface area contributed by atoms with E-state index in [0.717, 1.165) is 17.7 Å². The molecule has 3 heteroatoms. The van der Waals surface area contributed by atoms with Gasteiger partial charge in [0.1, 0.15) is 5.75 Å². The summed E-state index contributed by atoms with van der Waals surface area (Å²) in [5, 5.41) is 2.96. The van der Waals surface area contributed by atoms with Crippen molar-refractivity contribution in [2.24, 2.45) is 0 Å². The van der Waals surface area contributed by atoms with Crippen LogP contribution in [0.3, 0.4) is 0 Å². The van der Waals surface area contributed by atoms with Gasteiger partial charge in [-0.15, -0.1) is 0 Å². The maximum Gasteiger partial charge on any atom is 0.220 e. The lowest BCUT2D eigenvalue weighted by atomic mass is 10.1. The van der Waals surface area contributed by atoms with Crippen molar-refractivity contribution in [3.05, 3.63) is 65.2 Å². The topological polar surface area (TPSA) is 38.3 Å². The third-order valence-corrected chi connectivity index (χ3v) is 3.46. The highest BCUT2D eigenvalue weighted by Crippen LogP contribution is 2.13. The van der Waals surface area contributed by atoms with Crippen molar-refractivity contribution in [2.75, 3.05) is 6.61 Å². The van der Waals surface area contributed by atoms with Crippen LogP contribution in [0, 0.1) is 6.92 Å². The molecule has 0 unspecified atom stereocenters. The van der Waals surface area contributed by atoms with Crippen LogP contribution in [0.1, 0.15) is 30.0 Å². The highest BCUT2D eigenvalue weighted by atomic mass is 16.5. The van der Waals surface area contributed by atoms with E-state index in [9.17, 15) is 4.79 Å². The minimum absolute atomic E-state index is 0.0717. The average molecular weight is 297 g/mol. The first-order valence-corrected chi connectivity index (χ1v) is 7.71. The van der Waals surface area contributed by atoms with Gasteiger partial charge in [-0.1, -0.05) is 42.0 Å². The Morgan fingerprint density at radius 3 is 2.59 bits per heavy atom. The zero-order chi connectivity index (χ0) is 15.8. The van der Waals surface area contributed by atoms with Crippen molar-refractivity contribution in [3.63, 3.8) is 0 Å². The van der Waals surface area contributed by atoms with E-state index in [1.165, 1.54) is 11.1 Å². The van der Waals surface area contributed by atoms with E-state index in [0.29, 0.717) is 19.6 Å². The Morgan fingerprint density at radius 1 is 1.09 bits per heavy atom. The molecule has 0 aliphatic rings. The summed E-state index contributed by atoms with van der Waals surface area (Å²) in [6.45, 7) is 5.20. The van der Waals surface area contributed by atoms with E-state index in [4.69, 9.17) is 4.74 Å². The molecule has 0 saturated heterocycles. The number of hydrogen-bond acceptors (Lipinski definition) is 2. The predicted octanol–water partition coefficient (Wildman–Crippen LogP) is 3.64. The fourth-order valence-electron chi connectivity index (χ4n) is 2.21. The monoisotopic (exact) mass is 297 g/mol. The van der Waals surface area contributed by atoms with Crippen LogP contribution in [0.2, 0.25) is 0 Å². The standard InChI is InChI=1S/C19H23NO2/c1-3-22-18-6-4-5-17(13-18)14-20-19(21)12-11-16-9-7-15(2)8-10-16/h4-10,13H,3,11-12,14H2,1-2H3,(H,20,21). The minimum Gasteiger partial charge on any atom is -0.494 e. The van der Waals surface area contributed by atoms with E-state index in [2.05, 4.69) is 36.5 Å². The van der Waals surface area contributed by atoms with Crippen LogP contribution in [0.15, 0.2) is 48.5 Å². The molecule has 0 fully saturated rings. The van der Waals surface area contributed by atoms with Gasteiger partial charge in [0.05, 0.1) is 6.61 Å². The largest absolute Gasteiger partial charge is 0.494 e. The predicted molar refractivity (Wildman–Crippen MR) is 89.0 cm³/mol. The summed E-state index contributed by atoms with van der Waals surface area (Å²) in [6, 6.07) is 16.1. The van der Waals surface area contributed by atoms with Gasteiger partial charge in [-0.05, 0) is 43.5 Å². The quantitative estimate of drug-likeness (QED) is 0.847. The van der Waals surface area contributed by atoms with Gasteiger partial charge in [0.2, 0.25) is 5.91 Å². The summed E-state index contributed by atoms with van der Waals surface area (Å²) >= 11 is 0. The van der Waals surface area contributed by atoms with Crippen LogP contribution in [0.4, 0.5) is 0 Å². The Morgan fingerprint density at radius 2 is 1.86 bits per heavy atom. The zero-order valence-corrected chi connectivity index (χ0v) is 13.3.